The molecule has 1 atom stereocenters. The van der Waals surface area contributed by atoms with Gasteiger partial charge in [0.15, 0.2) is 0 Å². The van der Waals surface area contributed by atoms with Crippen LogP contribution in [0.5, 0.6) is 0 Å². The zero-order valence-electron chi connectivity index (χ0n) is 11.8. The molecule has 0 radical (unpaired) electrons. The van der Waals surface area contributed by atoms with Gasteiger partial charge >= 0.3 is 0 Å². The van der Waals surface area contributed by atoms with Crippen LogP contribution in [-0.2, 0) is 0 Å². The second-order valence-electron chi connectivity index (χ2n) is 4.51. The molecule has 0 aromatic carbocycles. The lowest BCUT2D eigenvalue weighted by Crippen LogP contribution is -2.38. The maximum absolute atomic E-state index is 12.0. The Balaban J connectivity index is 0.00000200. The number of aromatic nitrogens is 2. The van der Waals surface area contributed by atoms with Crippen LogP contribution < -0.4 is 10.6 Å². The number of pyridine rings is 1. The number of halogens is 1. The zero-order valence-corrected chi connectivity index (χ0v) is 12.6. The van der Waals surface area contributed by atoms with Gasteiger partial charge in [-0.15, -0.1) is 12.4 Å². The molecule has 2 aromatic heterocycles. The van der Waals surface area contributed by atoms with Gasteiger partial charge in [0.05, 0.1) is 16.6 Å². The summed E-state index contributed by atoms with van der Waals surface area (Å²) in [5.41, 5.74) is 1.70. The smallest absolute Gasteiger partial charge is 0.257 e. The number of hydrogen-bond donors (Lipinski definition) is 2. The van der Waals surface area contributed by atoms with Crippen molar-refractivity contribution in [2.45, 2.75) is 26.8 Å². The van der Waals surface area contributed by atoms with Gasteiger partial charge in [0, 0.05) is 18.8 Å². The average Bonchev–Trinajstić information content (AvgIpc) is 2.78. The van der Waals surface area contributed by atoms with Crippen LogP contribution in [0.1, 0.15) is 29.9 Å². The Kier molecular flexibility index (Phi) is 5.91. The second kappa shape index (κ2) is 7.21. The van der Waals surface area contributed by atoms with Crippen molar-refractivity contribution in [3.05, 3.63) is 23.5 Å². The molecule has 0 saturated carbocycles. The predicted octanol–water partition coefficient (Wildman–Crippen LogP) is 1.68. The van der Waals surface area contributed by atoms with Gasteiger partial charge in [-0.25, -0.2) is 4.98 Å². The molecule has 0 aliphatic heterocycles. The molecule has 2 rings (SSSR count). The van der Waals surface area contributed by atoms with Crippen molar-refractivity contribution in [1.29, 1.82) is 0 Å². The summed E-state index contributed by atoms with van der Waals surface area (Å²) in [5.74, 6) is -0.139. The van der Waals surface area contributed by atoms with Gasteiger partial charge in [0.2, 0.25) is 0 Å². The molecule has 0 unspecified atom stereocenters. The van der Waals surface area contributed by atoms with E-state index in [1.165, 1.54) is 6.20 Å². The number of rotatable bonds is 5. The van der Waals surface area contributed by atoms with E-state index >= 15 is 0 Å². The van der Waals surface area contributed by atoms with Crippen LogP contribution in [0.4, 0.5) is 0 Å². The van der Waals surface area contributed by atoms with Crippen molar-refractivity contribution >= 4 is 29.4 Å². The summed E-state index contributed by atoms with van der Waals surface area (Å²) < 4.78 is 5.01. The molecule has 0 aliphatic carbocycles. The normalized spacial score (nSPS) is 11.9. The Morgan fingerprint density at radius 3 is 2.95 bits per heavy atom. The lowest BCUT2D eigenvalue weighted by Gasteiger charge is -2.13. The van der Waals surface area contributed by atoms with E-state index in [9.17, 15) is 4.79 Å². The van der Waals surface area contributed by atoms with Crippen LogP contribution in [-0.4, -0.2) is 35.2 Å². The Labute approximate surface area is 123 Å². The number of carbonyl (C=O) groups is 1. The van der Waals surface area contributed by atoms with Crippen molar-refractivity contribution in [2.75, 3.05) is 13.1 Å². The van der Waals surface area contributed by atoms with Crippen molar-refractivity contribution in [1.82, 2.24) is 20.8 Å². The van der Waals surface area contributed by atoms with E-state index in [2.05, 4.69) is 20.8 Å². The summed E-state index contributed by atoms with van der Waals surface area (Å²) in [6.45, 7) is 7.33. The first-order chi connectivity index (χ1) is 9.11. The maximum Gasteiger partial charge on any atom is 0.257 e. The Hall–Kier alpha value is -1.66. The minimum atomic E-state index is -0.139. The van der Waals surface area contributed by atoms with E-state index < -0.39 is 0 Å². The SMILES string of the molecule is CCN[C@H](C)CNC(=O)c1cnc2onc(C)c2c1.Cl. The van der Waals surface area contributed by atoms with E-state index in [0.717, 1.165) is 17.6 Å². The Bertz CT molecular complexity index is 585. The number of fused-ring (bicyclic) bond motifs is 1. The molecule has 6 nitrogen and oxygen atoms in total. The molecular formula is C13H19ClN4O2. The highest BCUT2D eigenvalue weighted by Crippen LogP contribution is 2.16. The summed E-state index contributed by atoms with van der Waals surface area (Å²) in [6.07, 6.45) is 1.50. The number of aryl methyl sites for hydroxylation is 1. The van der Waals surface area contributed by atoms with E-state index in [1.54, 1.807) is 6.07 Å². The number of carbonyl (C=O) groups excluding carboxylic acids is 1. The van der Waals surface area contributed by atoms with Gasteiger partial charge in [-0.3, -0.25) is 4.79 Å². The molecule has 2 heterocycles. The van der Waals surface area contributed by atoms with E-state index in [0.29, 0.717) is 17.8 Å². The third-order valence-corrected chi connectivity index (χ3v) is 2.89. The summed E-state index contributed by atoms with van der Waals surface area (Å²) in [7, 11) is 0. The zero-order chi connectivity index (χ0) is 13.8. The molecule has 0 bridgehead atoms. The van der Waals surface area contributed by atoms with Crippen LogP contribution >= 0.6 is 12.4 Å². The molecule has 1 amide bonds. The van der Waals surface area contributed by atoms with Crippen molar-refractivity contribution in [3.8, 4) is 0 Å². The summed E-state index contributed by atoms with van der Waals surface area (Å²) in [5, 5.41) is 10.7. The van der Waals surface area contributed by atoms with Crippen LogP contribution in [0.2, 0.25) is 0 Å². The quantitative estimate of drug-likeness (QED) is 0.878. The van der Waals surface area contributed by atoms with E-state index in [1.807, 2.05) is 20.8 Å². The largest absolute Gasteiger partial charge is 0.350 e. The predicted molar refractivity (Wildman–Crippen MR) is 79.3 cm³/mol. The van der Waals surface area contributed by atoms with Crippen molar-refractivity contribution in [2.24, 2.45) is 0 Å². The lowest BCUT2D eigenvalue weighted by molar-refractivity contribution is 0.0950. The molecule has 0 aliphatic rings. The molecular weight excluding hydrogens is 280 g/mol. The van der Waals surface area contributed by atoms with Crippen molar-refractivity contribution < 1.29 is 9.32 Å². The topological polar surface area (TPSA) is 80.0 Å². The van der Waals surface area contributed by atoms with Gasteiger partial charge < -0.3 is 15.2 Å². The third kappa shape index (κ3) is 3.68. The van der Waals surface area contributed by atoms with Gasteiger partial charge in [-0.05, 0) is 26.5 Å². The summed E-state index contributed by atoms with van der Waals surface area (Å²) >= 11 is 0. The number of likely N-dealkylation sites (N-methyl/N-ethyl adjacent to an activating group) is 1. The van der Waals surface area contributed by atoms with Crippen LogP contribution in [0, 0.1) is 6.92 Å². The van der Waals surface area contributed by atoms with Gasteiger partial charge in [0.25, 0.3) is 11.6 Å². The number of hydrogen-bond acceptors (Lipinski definition) is 5. The van der Waals surface area contributed by atoms with Gasteiger partial charge in [0.1, 0.15) is 0 Å². The standard InChI is InChI=1S/C13H18N4O2.ClH/c1-4-14-8(2)6-15-12(18)10-5-11-9(3)17-19-13(11)16-7-10;/h5,7-8,14H,4,6H2,1-3H3,(H,15,18);1H/t8-;/m1./s1. The monoisotopic (exact) mass is 298 g/mol. The molecule has 2 N–H and O–H groups in total. The maximum atomic E-state index is 12.0. The lowest BCUT2D eigenvalue weighted by atomic mass is 10.2. The Morgan fingerprint density at radius 2 is 2.25 bits per heavy atom. The number of nitrogens with one attached hydrogen (secondary N) is 2. The third-order valence-electron chi connectivity index (χ3n) is 2.89. The molecule has 0 fully saturated rings. The molecule has 110 valence electrons. The van der Waals surface area contributed by atoms with Crippen LogP contribution in [0.25, 0.3) is 11.1 Å². The molecule has 2 aromatic rings. The summed E-state index contributed by atoms with van der Waals surface area (Å²) in [6, 6.07) is 1.99. The number of amides is 1. The van der Waals surface area contributed by atoms with Crippen LogP contribution in [0.15, 0.2) is 16.8 Å². The highest BCUT2D eigenvalue weighted by atomic mass is 35.5. The minimum Gasteiger partial charge on any atom is -0.350 e. The fourth-order valence-corrected chi connectivity index (χ4v) is 1.84. The van der Waals surface area contributed by atoms with Crippen LogP contribution in [0.3, 0.4) is 0 Å². The molecule has 0 spiro atoms. The highest BCUT2D eigenvalue weighted by molar-refractivity contribution is 5.96. The first-order valence-electron chi connectivity index (χ1n) is 6.35. The molecule has 7 heteroatoms. The minimum absolute atomic E-state index is 0. The number of nitrogens with zero attached hydrogens (tertiary/aromatic N) is 2. The summed E-state index contributed by atoms with van der Waals surface area (Å²) in [4.78, 5) is 16.1. The first kappa shape index (κ1) is 16.4. The first-order valence-corrected chi connectivity index (χ1v) is 6.35. The fourth-order valence-electron chi connectivity index (χ4n) is 1.84. The van der Waals surface area contributed by atoms with Crippen molar-refractivity contribution in [3.63, 3.8) is 0 Å². The second-order valence-corrected chi connectivity index (χ2v) is 4.51. The van der Waals surface area contributed by atoms with E-state index in [-0.39, 0.29) is 24.4 Å². The van der Waals surface area contributed by atoms with Gasteiger partial charge in [-0.2, -0.15) is 0 Å². The fraction of sp³-hybridized carbons (Fsp3) is 0.462. The Morgan fingerprint density at radius 1 is 1.50 bits per heavy atom. The van der Waals surface area contributed by atoms with Gasteiger partial charge in [-0.1, -0.05) is 12.1 Å². The average molecular weight is 299 g/mol. The molecule has 0 saturated heterocycles. The molecule has 20 heavy (non-hydrogen) atoms. The highest BCUT2D eigenvalue weighted by Gasteiger charge is 2.12. The van der Waals surface area contributed by atoms with E-state index in [4.69, 9.17) is 4.52 Å².